The van der Waals surface area contributed by atoms with Crippen molar-refractivity contribution in [2.75, 3.05) is 13.2 Å². The molecule has 2 aromatic rings. The number of hydrogen-bond acceptors (Lipinski definition) is 5. The third kappa shape index (κ3) is 3.90. The number of rotatable bonds is 9. The molecule has 0 unspecified atom stereocenters. The minimum Gasteiger partial charge on any atom is -0.501 e. The lowest BCUT2D eigenvalue weighted by molar-refractivity contribution is -0.116. The van der Waals surface area contributed by atoms with Crippen LogP contribution in [0, 0.1) is 5.92 Å². The Bertz CT molecular complexity index is 909. The average molecular weight is 407 g/mol. The molecule has 6 heteroatoms. The fraction of sp³-hybridized carbons (Fsp3) is 0.429. The molecule has 0 amide bonds. The fourth-order valence-corrected chi connectivity index (χ4v) is 4.47. The molecular weight excluding hydrogens is 384 g/mol. The quantitative estimate of drug-likeness (QED) is 0.179. The van der Waals surface area contributed by atoms with Crippen molar-refractivity contribution in [2.24, 2.45) is 5.92 Å². The number of aryl methyl sites for hydroxylation is 1. The molecule has 1 aromatic heterocycles. The first-order chi connectivity index (χ1) is 13.0. The zero-order valence-electron chi connectivity index (χ0n) is 15.8. The van der Waals surface area contributed by atoms with Gasteiger partial charge in [0.1, 0.15) is 11.3 Å². The number of thiophene rings is 1. The fourth-order valence-electron chi connectivity index (χ4n) is 2.98. The molecule has 0 bridgehead atoms. The number of fused-ring (bicyclic) bond motifs is 1. The minimum atomic E-state index is -0.390. The van der Waals surface area contributed by atoms with Crippen LogP contribution in [0.2, 0.25) is 5.02 Å². The molecule has 27 heavy (non-hydrogen) atoms. The Balaban J connectivity index is 2.09. The second-order valence-electron chi connectivity index (χ2n) is 6.40. The average Bonchev–Trinajstić information content (AvgIpc) is 3.45. The molecule has 1 aliphatic rings. The molecule has 0 N–H and O–H groups in total. The van der Waals surface area contributed by atoms with Gasteiger partial charge in [0.2, 0.25) is 5.78 Å². The normalized spacial score (nSPS) is 14.4. The molecule has 1 saturated carbocycles. The van der Waals surface area contributed by atoms with Crippen molar-refractivity contribution in [2.45, 2.75) is 40.0 Å². The van der Waals surface area contributed by atoms with Gasteiger partial charge in [0.15, 0.2) is 5.78 Å². The van der Waals surface area contributed by atoms with Crippen molar-refractivity contribution in [3.05, 3.63) is 39.4 Å². The summed E-state index contributed by atoms with van der Waals surface area (Å²) in [5.41, 5.74) is 0.384. The van der Waals surface area contributed by atoms with Crippen molar-refractivity contribution in [1.82, 2.24) is 0 Å². The molecule has 0 spiro atoms. The highest BCUT2D eigenvalue weighted by Gasteiger charge is 2.36. The number of ether oxygens (including phenoxy) is 2. The Hall–Kier alpha value is -1.85. The van der Waals surface area contributed by atoms with E-state index in [1.807, 2.05) is 19.9 Å². The van der Waals surface area contributed by atoms with Crippen LogP contribution in [-0.2, 0) is 16.0 Å². The number of carbonyl (C=O) groups is 2. The lowest BCUT2D eigenvalue weighted by Gasteiger charge is -2.10. The maximum absolute atomic E-state index is 13.1. The first-order valence-corrected chi connectivity index (χ1v) is 10.5. The summed E-state index contributed by atoms with van der Waals surface area (Å²) in [5, 5.41) is 1.09. The molecule has 1 aromatic carbocycles. The van der Waals surface area contributed by atoms with Gasteiger partial charge in [0.25, 0.3) is 0 Å². The molecular formula is C21H23ClO4S. The molecule has 1 fully saturated rings. The second-order valence-corrected chi connectivity index (χ2v) is 7.91. The van der Waals surface area contributed by atoms with Crippen LogP contribution in [0.1, 0.15) is 48.8 Å². The minimum absolute atomic E-state index is 0.0736. The van der Waals surface area contributed by atoms with Gasteiger partial charge in [0, 0.05) is 21.1 Å². The summed E-state index contributed by atoms with van der Waals surface area (Å²) in [6.07, 6.45) is 3.75. The monoisotopic (exact) mass is 406 g/mol. The smallest absolute Gasteiger partial charge is 0.201 e. The summed E-state index contributed by atoms with van der Waals surface area (Å²) in [6.45, 7) is 6.70. The highest BCUT2D eigenvalue weighted by molar-refractivity contribution is 7.19. The molecule has 1 heterocycles. The van der Waals surface area contributed by atoms with Gasteiger partial charge in [-0.1, -0.05) is 18.5 Å². The van der Waals surface area contributed by atoms with Crippen LogP contribution in [0.15, 0.2) is 24.0 Å². The number of allylic oxidation sites excluding steroid dienone is 1. The van der Waals surface area contributed by atoms with Crippen LogP contribution >= 0.6 is 22.9 Å². The second kappa shape index (κ2) is 8.44. The van der Waals surface area contributed by atoms with Crippen molar-refractivity contribution in [3.63, 3.8) is 0 Å². The number of benzene rings is 1. The topological polar surface area (TPSA) is 52.6 Å². The van der Waals surface area contributed by atoms with E-state index in [2.05, 4.69) is 6.92 Å². The molecule has 0 saturated heterocycles. The van der Waals surface area contributed by atoms with Crippen molar-refractivity contribution < 1.29 is 19.1 Å². The van der Waals surface area contributed by atoms with E-state index < -0.39 is 0 Å². The summed E-state index contributed by atoms with van der Waals surface area (Å²) >= 11 is 8.27. The van der Waals surface area contributed by atoms with Gasteiger partial charge < -0.3 is 9.47 Å². The summed E-state index contributed by atoms with van der Waals surface area (Å²) in [5.74, 6) is 0.117. The van der Waals surface area contributed by atoms with E-state index in [0.29, 0.717) is 23.8 Å². The first-order valence-electron chi connectivity index (χ1n) is 9.30. The zero-order valence-corrected chi connectivity index (χ0v) is 17.3. The zero-order chi connectivity index (χ0) is 19.6. The predicted molar refractivity (Wildman–Crippen MR) is 109 cm³/mol. The van der Waals surface area contributed by atoms with Gasteiger partial charge in [-0.25, -0.2) is 0 Å². The molecule has 0 atom stereocenters. The van der Waals surface area contributed by atoms with Gasteiger partial charge in [-0.05, 0) is 45.2 Å². The molecule has 0 aliphatic heterocycles. The Morgan fingerprint density at radius 2 is 1.96 bits per heavy atom. The predicted octanol–water partition coefficient (Wildman–Crippen LogP) is 5.60. The van der Waals surface area contributed by atoms with E-state index in [1.54, 1.807) is 17.4 Å². The van der Waals surface area contributed by atoms with Gasteiger partial charge in [0.05, 0.1) is 29.9 Å². The largest absolute Gasteiger partial charge is 0.501 e. The number of ketones is 2. The Morgan fingerprint density at radius 1 is 1.22 bits per heavy atom. The van der Waals surface area contributed by atoms with Crippen LogP contribution in [0.4, 0.5) is 0 Å². The summed E-state index contributed by atoms with van der Waals surface area (Å²) < 4.78 is 12.1. The van der Waals surface area contributed by atoms with E-state index in [-0.39, 0.29) is 23.1 Å². The van der Waals surface area contributed by atoms with E-state index in [0.717, 1.165) is 40.0 Å². The van der Waals surface area contributed by atoms with E-state index >= 15 is 0 Å². The van der Waals surface area contributed by atoms with Crippen molar-refractivity contribution >= 4 is 44.6 Å². The molecule has 0 radical (unpaired) electrons. The molecule has 3 rings (SSSR count). The SMILES string of the molecule is CCOC=C(C(=O)c1ccc2sc(CC)c(OCC)c2c1Cl)C(=O)C1CC1. The van der Waals surface area contributed by atoms with Crippen LogP contribution in [0.3, 0.4) is 0 Å². The third-order valence-corrected chi connectivity index (χ3v) is 6.17. The van der Waals surface area contributed by atoms with Crippen molar-refractivity contribution in [1.29, 1.82) is 0 Å². The number of halogens is 1. The van der Waals surface area contributed by atoms with Crippen molar-refractivity contribution in [3.8, 4) is 5.75 Å². The lowest BCUT2D eigenvalue weighted by Crippen LogP contribution is -2.16. The van der Waals surface area contributed by atoms with Gasteiger partial charge in [-0.15, -0.1) is 11.3 Å². The van der Waals surface area contributed by atoms with Crippen LogP contribution < -0.4 is 4.74 Å². The summed E-state index contributed by atoms with van der Waals surface area (Å²) in [7, 11) is 0. The van der Waals surface area contributed by atoms with Gasteiger partial charge in [-0.3, -0.25) is 9.59 Å². The maximum Gasteiger partial charge on any atom is 0.201 e. The van der Waals surface area contributed by atoms with Gasteiger partial charge >= 0.3 is 0 Å². The first kappa shape index (κ1) is 19.9. The Labute approximate surface area is 168 Å². The third-order valence-electron chi connectivity index (χ3n) is 4.50. The number of Topliss-reactive ketones (excluding diaryl/α,β-unsaturated/α-hetero) is 2. The van der Waals surface area contributed by atoms with E-state index in [4.69, 9.17) is 21.1 Å². The number of carbonyl (C=O) groups excluding carboxylic acids is 2. The van der Waals surface area contributed by atoms with E-state index in [1.165, 1.54) is 6.26 Å². The Kier molecular flexibility index (Phi) is 6.22. The standard InChI is InChI=1S/C21H23ClO4S/c1-4-15-21(26-6-3)17-16(27-15)10-9-13(18(17)22)20(24)14(11-25-5-2)19(23)12-7-8-12/h9-12H,4-8H2,1-3H3. The van der Waals surface area contributed by atoms with E-state index in [9.17, 15) is 9.59 Å². The highest BCUT2D eigenvalue weighted by atomic mass is 35.5. The molecule has 4 nitrogen and oxygen atoms in total. The number of hydrogen-bond donors (Lipinski definition) is 0. The summed E-state index contributed by atoms with van der Waals surface area (Å²) in [4.78, 5) is 26.8. The lowest BCUT2D eigenvalue weighted by atomic mass is 9.97. The molecule has 144 valence electrons. The molecule has 1 aliphatic carbocycles. The maximum atomic E-state index is 13.1. The van der Waals surface area contributed by atoms with Crippen LogP contribution in [-0.4, -0.2) is 24.8 Å². The van der Waals surface area contributed by atoms with Gasteiger partial charge in [-0.2, -0.15) is 0 Å². The highest BCUT2D eigenvalue weighted by Crippen LogP contribution is 2.44. The Morgan fingerprint density at radius 3 is 2.56 bits per heavy atom. The van der Waals surface area contributed by atoms with Crippen LogP contribution in [0.5, 0.6) is 5.75 Å². The van der Waals surface area contributed by atoms with Crippen LogP contribution in [0.25, 0.3) is 10.1 Å². The summed E-state index contributed by atoms with van der Waals surface area (Å²) in [6, 6.07) is 3.57.